The van der Waals surface area contributed by atoms with Gasteiger partial charge in [-0.15, -0.1) is 0 Å². The van der Waals surface area contributed by atoms with Crippen LogP contribution in [0.5, 0.6) is 0 Å². The SMILES string of the molecule is CC(O)C1CCN(CC(=O)N(C)Cc2ccc(F)cc2)C1. The van der Waals surface area contributed by atoms with E-state index in [1.807, 2.05) is 0 Å². The number of likely N-dealkylation sites (N-methyl/N-ethyl adjacent to an activating group) is 1. The lowest BCUT2D eigenvalue weighted by atomic mass is 10.0. The first-order chi connectivity index (χ1) is 9.95. The molecular formula is C16H23FN2O2. The standard InChI is InChI=1S/C16H23FN2O2/c1-12(20)14-7-8-19(10-14)11-16(21)18(2)9-13-3-5-15(17)6-4-13/h3-6,12,14,20H,7-11H2,1-2H3. The van der Waals surface area contributed by atoms with E-state index in [1.54, 1.807) is 31.0 Å². The summed E-state index contributed by atoms with van der Waals surface area (Å²) in [6, 6.07) is 6.19. The van der Waals surface area contributed by atoms with Gasteiger partial charge in [0.15, 0.2) is 0 Å². The van der Waals surface area contributed by atoms with Crippen LogP contribution in [0, 0.1) is 11.7 Å². The Kier molecular flexibility index (Phi) is 5.31. The lowest BCUT2D eigenvalue weighted by Gasteiger charge is -2.22. The zero-order valence-electron chi connectivity index (χ0n) is 12.6. The van der Waals surface area contributed by atoms with E-state index >= 15 is 0 Å². The fraction of sp³-hybridized carbons (Fsp3) is 0.562. The fourth-order valence-corrected chi connectivity index (χ4v) is 2.66. The van der Waals surface area contributed by atoms with Crippen molar-refractivity contribution < 1.29 is 14.3 Å². The molecule has 0 aliphatic carbocycles. The van der Waals surface area contributed by atoms with Crippen molar-refractivity contribution in [2.75, 3.05) is 26.7 Å². The van der Waals surface area contributed by atoms with Gasteiger partial charge in [-0.2, -0.15) is 0 Å². The van der Waals surface area contributed by atoms with Crippen LogP contribution in [0.15, 0.2) is 24.3 Å². The van der Waals surface area contributed by atoms with Crippen LogP contribution in [0.2, 0.25) is 0 Å². The molecule has 1 amide bonds. The molecule has 2 atom stereocenters. The highest BCUT2D eigenvalue weighted by Crippen LogP contribution is 2.19. The molecule has 1 heterocycles. The lowest BCUT2D eigenvalue weighted by Crippen LogP contribution is -2.37. The minimum absolute atomic E-state index is 0.0468. The molecule has 4 nitrogen and oxygen atoms in total. The Labute approximate surface area is 125 Å². The number of carbonyl (C=O) groups is 1. The number of halogens is 1. The predicted molar refractivity (Wildman–Crippen MR) is 79.1 cm³/mol. The molecule has 1 aliphatic heterocycles. The van der Waals surface area contributed by atoms with Gasteiger partial charge in [0.05, 0.1) is 12.6 Å². The first-order valence-electron chi connectivity index (χ1n) is 7.34. The summed E-state index contributed by atoms with van der Waals surface area (Å²) < 4.78 is 12.8. The van der Waals surface area contributed by atoms with Crippen LogP contribution in [0.4, 0.5) is 4.39 Å². The van der Waals surface area contributed by atoms with Crippen LogP contribution in [0.1, 0.15) is 18.9 Å². The number of likely N-dealkylation sites (tertiary alicyclic amines) is 1. The Morgan fingerprint density at radius 3 is 2.71 bits per heavy atom. The first-order valence-corrected chi connectivity index (χ1v) is 7.34. The monoisotopic (exact) mass is 294 g/mol. The van der Waals surface area contributed by atoms with Gasteiger partial charge < -0.3 is 10.0 Å². The maximum atomic E-state index is 12.8. The number of carbonyl (C=O) groups excluding carboxylic acids is 1. The number of hydrogen-bond acceptors (Lipinski definition) is 3. The number of aliphatic hydroxyl groups excluding tert-OH is 1. The molecule has 0 radical (unpaired) electrons. The molecule has 116 valence electrons. The highest BCUT2D eigenvalue weighted by atomic mass is 19.1. The summed E-state index contributed by atoms with van der Waals surface area (Å²) >= 11 is 0. The van der Waals surface area contributed by atoms with Gasteiger partial charge in [0, 0.05) is 20.1 Å². The van der Waals surface area contributed by atoms with E-state index in [-0.39, 0.29) is 23.7 Å². The molecule has 1 aromatic carbocycles. The van der Waals surface area contributed by atoms with E-state index < -0.39 is 0 Å². The van der Waals surface area contributed by atoms with Crippen molar-refractivity contribution in [3.8, 4) is 0 Å². The topological polar surface area (TPSA) is 43.8 Å². The summed E-state index contributed by atoms with van der Waals surface area (Å²) in [5, 5.41) is 9.58. The quantitative estimate of drug-likeness (QED) is 0.895. The molecule has 0 saturated carbocycles. The molecule has 5 heteroatoms. The van der Waals surface area contributed by atoms with Crippen LogP contribution in [0.25, 0.3) is 0 Å². The Balaban J connectivity index is 1.81. The van der Waals surface area contributed by atoms with Crippen molar-refractivity contribution in [2.45, 2.75) is 26.0 Å². The fourth-order valence-electron chi connectivity index (χ4n) is 2.66. The van der Waals surface area contributed by atoms with Crippen LogP contribution in [0.3, 0.4) is 0 Å². The Hall–Kier alpha value is -1.46. The van der Waals surface area contributed by atoms with Crippen molar-refractivity contribution in [2.24, 2.45) is 5.92 Å². The Morgan fingerprint density at radius 2 is 2.14 bits per heavy atom. The van der Waals surface area contributed by atoms with Crippen LogP contribution < -0.4 is 0 Å². The summed E-state index contributed by atoms with van der Waals surface area (Å²) in [6.07, 6.45) is 0.620. The van der Waals surface area contributed by atoms with Crippen molar-refractivity contribution in [3.05, 3.63) is 35.6 Å². The Morgan fingerprint density at radius 1 is 1.48 bits per heavy atom. The lowest BCUT2D eigenvalue weighted by molar-refractivity contribution is -0.131. The van der Waals surface area contributed by atoms with Gasteiger partial charge >= 0.3 is 0 Å². The number of aliphatic hydroxyl groups is 1. The predicted octanol–water partition coefficient (Wildman–Crippen LogP) is 1.49. The highest BCUT2D eigenvalue weighted by molar-refractivity contribution is 5.78. The summed E-state index contributed by atoms with van der Waals surface area (Å²) in [7, 11) is 1.76. The molecule has 2 rings (SSSR count). The van der Waals surface area contributed by atoms with Crippen molar-refractivity contribution >= 4 is 5.91 Å². The molecule has 0 spiro atoms. The van der Waals surface area contributed by atoms with Crippen LogP contribution in [-0.4, -0.2) is 53.6 Å². The van der Waals surface area contributed by atoms with Gasteiger partial charge in [-0.25, -0.2) is 4.39 Å². The largest absolute Gasteiger partial charge is 0.393 e. The third-order valence-electron chi connectivity index (χ3n) is 4.11. The third-order valence-corrected chi connectivity index (χ3v) is 4.11. The molecule has 1 N–H and O–H groups in total. The molecule has 1 fully saturated rings. The number of rotatable bonds is 5. The van der Waals surface area contributed by atoms with Gasteiger partial charge in [-0.3, -0.25) is 9.69 Å². The summed E-state index contributed by atoms with van der Waals surface area (Å²) in [5.41, 5.74) is 0.913. The van der Waals surface area contributed by atoms with Gasteiger partial charge in [0.2, 0.25) is 5.91 Å². The zero-order chi connectivity index (χ0) is 15.4. The maximum Gasteiger partial charge on any atom is 0.236 e. The van der Waals surface area contributed by atoms with E-state index in [4.69, 9.17) is 0 Å². The summed E-state index contributed by atoms with van der Waals surface area (Å²) in [5.74, 6) is 0.0414. The van der Waals surface area contributed by atoms with E-state index in [1.165, 1.54) is 12.1 Å². The first kappa shape index (κ1) is 15.9. The summed E-state index contributed by atoms with van der Waals surface area (Å²) in [4.78, 5) is 15.9. The second-order valence-corrected chi connectivity index (χ2v) is 5.90. The second kappa shape index (κ2) is 7.00. The average molecular weight is 294 g/mol. The maximum absolute atomic E-state index is 12.8. The smallest absolute Gasteiger partial charge is 0.236 e. The number of benzene rings is 1. The van der Waals surface area contributed by atoms with E-state index in [9.17, 15) is 14.3 Å². The normalized spacial score (nSPS) is 20.5. The minimum atomic E-state index is -0.318. The Bertz CT molecular complexity index is 476. The van der Waals surface area contributed by atoms with E-state index in [0.29, 0.717) is 13.1 Å². The average Bonchev–Trinajstić information content (AvgIpc) is 2.90. The molecule has 0 bridgehead atoms. The van der Waals surface area contributed by atoms with Crippen molar-refractivity contribution in [3.63, 3.8) is 0 Å². The highest BCUT2D eigenvalue weighted by Gasteiger charge is 2.27. The summed E-state index contributed by atoms with van der Waals surface area (Å²) in [6.45, 7) is 4.28. The van der Waals surface area contributed by atoms with Crippen LogP contribution in [-0.2, 0) is 11.3 Å². The van der Waals surface area contributed by atoms with Gasteiger partial charge in [0.25, 0.3) is 0 Å². The van der Waals surface area contributed by atoms with Gasteiger partial charge in [-0.1, -0.05) is 12.1 Å². The van der Waals surface area contributed by atoms with Crippen LogP contribution >= 0.6 is 0 Å². The molecular weight excluding hydrogens is 271 g/mol. The van der Waals surface area contributed by atoms with Gasteiger partial charge in [0.1, 0.15) is 5.82 Å². The second-order valence-electron chi connectivity index (χ2n) is 5.90. The minimum Gasteiger partial charge on any atom is -0.393 e. The number of amides is 1. The van der Waals surface area contributed by atoms with Gasteiger partial charge in [-0.05, 0) is 43.5 Å². The van der Waals surface area contributed by atoms with Crippen molar-refractivity contribution in [1.29, 1.82) is 0 Å². The molecule has 21 heavy (non-hydrogen) atoms. The molecule has 1 saturated heterocycles. The zero-order valence-corrected chi connectivity index (χ0v) is 12.6. The number of nitrogens with zero attached hydrogens (tertiary/aromatic N) is 2. The molecule has 1 aromatic rings. The van der Waals surface area contributed by atoms with E-state index in [2.05, 4.69) is 4.90 Å². The molecule has 2 unspecified atom stereocenters. The van der Waals surface area contributed by atoms with E-state index in [0.717, 1.165) is 25.1 Å². The molecule has 1 aliphatic rings. The third kappa shape index (κ3) is 4.51. The number of hydrogen-bond donors (Lipinski definition) is 1. The van der Waals surface area contributed by atoms with Crippen molar-refractivity contribution in [1.82, 2.24) is 9.80 Å². The molecule has 0 aromatic heterocycles.